The molecule has 1 aromatic heterocycles. The van der Waals surface area contributed by atoms with Crippen molar-refractivity contribution in [3.05, 3.63) is 101 Å². The standard InChI is InChI=1S/C29H23NO6/c1-18-14-23(34-27(31)13-12-22-17-26(33-2)30-36-22)16-24-28(18)29(32)25(35-24)15-19-8-10-21(11-9-19)20-6-4-3-5-7-20/h3-11,14-17H,12-13H2,1-2H3/b25-15-. The molecule has 0 saturated carbocycles. The molecule has 0 saturated heterocycles. The molecular formula is C29H23NO6. The van der Waals surface area contributed by atoms with Crippen molar-refractivity contribution in [2.75, 3.05) is 7.11 Å². The van der Waals surface area contributed by atoms with Gasteiger partial charge in [0.15, 0.2) is 5.76 Å². The molecule has 0 radical (unpaired) electrons. The van der Waals surface area contributed by atoms with E-state index < -0.39 is 5.97 Å². The van der Waals surface area contributed by atoms with Crippen LogP contribution < -0.4 is 14.2 Å². The third-order valence-electron chi connectivity index (χ3n) is 5.81. The van der Waals surface area contributed by atoms with Gasteiger partial charge in [0.05, 0.1) is 19.1 Å². The van der Waals surface area contributed by atoms with E-state index in [2.05, 4.69) is 5.16 Å². The molecule has 0 unspecified atom stereocenters. The highest BCUT2D eigenvalue weighted by Crippen LogP contribution is 2.37. The first-order valence-corrected chi connectivity index (χ1v) is 11.4. The van der Waals surface area contributed by atoms with E-state index in [1.165, 1.54) is 7.11 Å². The Morgan fingerprint density at radius 1 is 1.00 bits per heavy atom. The van der Waals surface area contributed by atoms with Crippen LogP contribution in [0, 0.1) is 6.92 Å². The van der Waals surface area contributed by atoms with Gasteiger partial charge in [0.2, 0.25) is 5.78 Å². The molecule has 0 N–H and O–H groups in total. The van der Waals surface area contributed by atoms with Gasteiger partial charge >= 0.3 is 5.97 Å². The van der Waals surface area contributed by atoms with Crippen LogP contribution in [0.5, 0.6) is 17.4 Å². The zero-order valence-electron chi connectivity index (χ0n) is 19.8. The molecule has 7 heteroatoms. The number of hydrogen-bond acceptors (Lipinski definition) is 7. The smallest absolute Gasteiger partial charge is 0.311 e. The Labute approximate surface area is 207 Å². The summed E-state index contributed by atoms with van der Waals surface area (Å²) in [6.45, 7) is 1.79. The van der Waals surface area contributed by atoms with Gasteiger partial charge in [-0.3, -0.25) is 9.59 Å². The minimum absolute atomic E-state index is 0.0956. The maximum absolute atomic E-state index is 13.0. The Hall–Kier alpha value is -4.65. The summed E-state index contributed by atoms with van der Waals surface area (Å²) in [5, 5.41) is 3.71. The van der Waals surface area contributed by atoms with E-state index >= 15 is 0 Å². The molecule has 0 bridgehead atoms. The highest BCUT2D eigenvalue weighted by Gasteiger charge is 2.30. The fourth-order valence-corrected chi connectivity index (χ4v) is 4.01. The van der Waals surface area contributed by atoms with Crippen LogP contribution in [-0.2, 0) is 11.2 Å². The molecule has 0 atom stereocenters. The number of carbonyl (C=O) groups is 2. The van der Waals surface area contributed by atoms with Crippen LogP contribution >= 0.6 is 0 Å². The molecule has 1 aliphatic rings. The molecule has 3 aromatic carbocycles. The predicted molar refractivity (Wildman–Crippen MR) is 133 cm³/mol. The Balaban J connectivity index is 1.27. The van der Waals surface area contributed by atoms with E-state index in [1.807, 2.05) is 54.6 Å². The second-order valence-electron chi connectivity index (χ2n) is 8.35. The second kappa shape index (κ2) is 9.92. The fraction of sp³-hybridized carbons (Fsp3) is 0.138. The van der Waals surface area contributed by atoms with Crippen molar-refractivity contribution < 1.29 is 28.3 Å². The number of aryl methyl sites for hydroxylation is 2. The molecule has 0 aliphatic carbocycles. The third-order valence-corrected chi connectivity index (χ3v) is 5.81. The third kappa shape index (κ3) is 4.90. The average Bonchev–Trinajstić information content (AvgIpc) is 3.48. The normalized spacial score (nSPS) is 13.4. The Morgan fingerprint density at radius 2 is 1.75 bits per heavy atom. The van der Waals surface area contributed by atoms with Gasteiger partial charge in [-0.05, 0) is 46.5 Å². The van der Waals surface area contributed by atoms with Crippen molar-refractivity contribution in [2.24, 2.45) is 0 Å². The molecule has 5 rings (SSSR count). The van der Waals surface area contributed by atoms with Gasteiger partial charge in [0.25, 0.3) is 5.88 Å². The van der Waals surface area contributed by atoms with E-state index in [0.29, 0.717) is 40.7 Å². The first-order chi connectivity index (χ1) is 17.5. The van der Waals surface area contributed by atoms with Crippen molar-refractivity contribution in [2.45, 2.75) is 19.8 Å². The van der Waals surface area contributed by atoms with Crippen molar-refractivity contribution in [3.8, 4) is 28.5 Å². The number of methoxy groups -OCH3 is 1. The summed E-state index contributed by atoms with van der Waals surface area (Å²) >= 11 is 0. The average molecular weight is 482 g/mol. The lowest BCUT2D eigenvalue weighted by atomic mass is 10.0. The van der Waals surface area contributed by atoms with Gasteiger partial charge in [0, 0.05) is 18.6 Å². The van der Waals surface area contributed by atoms with Crippen molar-refractivity contribution >= 4 is 17.8 Å². The number of carbonyl (C=O) groups excluding carboxylic acids is 2. The highest BCUT2D eigenvalue weighted by molar-refractivity contribution is 6.15. The summed E-state index contributed by atoms with van der Waals surface area (Å²) in [5.74, 6) is 1.14. The number of ether oxygens (including phenoxy) is 3. The lowest BCUT2D eigenvalue weighted by molar-refractivity contribution is -0.134. The zero-order chi connectivity index (χ0) is 25.1. The monoisotopic (exact) mass is 481 g/mol. The number of rotatable bonds is 7. The maximum Gasteiger partial charge on any atom is 0.311 e. The number of hydrogen-bond donors (Lipinski definition) is 0. The van der Waals surface area contributed by atoms with Crippen LogP contribution in [0.1, 0.15) is 33.7 Å². The first-order valence-electron chi connectivity index (χ1n) is 11.4. The fourth-order valence-electron chi connectivity index (χ4n) is 4.01. The number of fused-ring (bicyclic) bond motifs is 1. The first kappa shape index (κ1) is 23.1. The predicted octanol–water partition coefficient (Wildman–Crippen LogP) is 5.81. The number of Topliss-reactive ketones (excluding diaryl/α,β-unsaturated/α-hetero) is 1. The molecular weight excluding hydrogens is 458 g/mol. The SMILES string of the molecule is COc1cc(CCC(=O)Oc2cc(C)c3c(c2)O/C(=C\c2ccc(-c4ccccc4)cc2)C3=O)on1. The molecule has 0 amide bonds. The number of ketones is 1. The number of nitrogens with zero attached hydrogens (tertiary/aromatic N) is 1. The molecule has 0 spiro atoms. The number of esters is 1. The Kier molecular flexibility index (Phi) is 6.36. The van der Waals surface area contributed by atoms with Crippen LogP contribution in [0.4, 0.5) is 0 Å². The summed E-state index contributed by atoms with van der Waals surface area (Å²) in [6.07, 6.45) is 2.14. The molecule has 2 heterocycles. The summed E-state index contributed by atoms with van der Waals surface area (Å²) in [7, 11) is 1.49. The van der Waals surface area contributed by atoms with Gasteiger partial charge in [-0.2, -0.15) is 0 Å². The molecule has 36 heavy (non-hydrogen) atoms. The van der Waals surface area contributed by atoms with Crippen LogP contribution in [0.15, 0.2) is 83.1 Å². The quantitative estimate of drug-likeness (QED) is 0.187. The highest BCUT2D eigenvalue weighted by atomic mass is 16.5. The molecule has 0 fully saturated rings. The number of aromatic nitrogens is 1. The largest absolute Gasteiger partial charge is 0.479 e. The summed E-state index contributed by atoms with van der Waals surface area (Å²) in [6, 6.07) is 22.8. The van der Waals surface area contributed by atoms with Gasteiger partial charge < -0.3 is 18.7 Å². The van der Waals surface area contributed by atoms with E-state index in [1.54, 1.807) is 31.2 Å². The Bertz CT molecular complexity index is 1450. The number of allylic oxidation sites excluding steroid dienone is 1. The molecule has 180 valence electrons. The lowest BCUT2D eigenvalue weighted by Crippen LogP contribution is -2.09. The van der Waals surface area contributed by atoms with Crippen molar-refractivity contribution in [1.29, 1.82) is 0 Å². The second-order valence-corrected chi connectivity index (χ2v) is 8.35. The van der Waals surface area contributed by atoms with E-state index in [9.17, 15) is 9.59 Å². The minimum Gasteiger partial charge on any atom is -0.479 e. The van der Waals surface area contributed by atoms with E-state index in [4.69, 9.17) is 18.7 Å². The zero-order valence-corrected chi connectivity index (χ0v) is 19.8. The maximum atomic E-state index is 13.0. The van der Waals surface area contributed by atoms with Crippen LogP contribution in [-0.4, -0.2) is 24.0 Å². The van der Waals surface area contributed by atoms with Gasteiger partial charge in [-0.1, -0.05) is 54.6 Å². The summed E-state index contributed by atoms with van der Waals surface area (Å²) in [4.78, 5) is 25.3. The van der Waals surface area contributed by atoms with Gasteiger partial charge in [0.1, 0.15) is 17.3 Å². The number of benzene rings is 3. The van der Waals surface area contributed by atoms with E-state index in [-0.39, 0.29) is 18.0 Å². The Morgan fingerprint density at radius 3 is 2.47 bits per heavy atom. The van der Waals surface area contributed by atoms with Crippen LogP contribution in [0.2, 0.25) is 0 Å². The van der Waals surface area contributed by atoms with E-state index in [0.717, 1.165) is 16.7 Å². The van der Waals surface area contributed by atoms with Crippen LogP contribution in [0.3, 0.4) is 0 Å². The van der Waals surface area contributed by atoms with Crippen molar-refractivity contribution in [3.63, 3.8) is 0 Å². The summed E-state index contributed by atoms with van der Waals surface area (Å²) < 4.78 is 21.4. The molecule has 1 aliphatic heterocycles. The van der Waals surface area contributed by atoms with Crippen LogP contribution in [0.25, 0.3) is 17.2 Å². The van der Waals surface area contributed by atoms with Crippen molar-refractivity contribution in [1.82, 2.24) is 5.16 Å². The molecule has 4 aromatic rings. The topological polar surface area (TPSA) is 87.9 Å². The molecule has 7 nitrogen and oxygen atoms in total. The summed E-state index contributed by atoms with van der Waals surface area (Å²) in [5.41, 5.74) is 4.19. The lowest BCUT2D eigenvalue weighted by Gasteiger charge is -2.07. The van der Waals surface area contributed by atoms with Gasteiger partial charge in [-0.25, -0.2) is 0 Å². The minimum atomic E-state index is -0.441. The van der Waals surface area contributed by atoms with Gasteiger partial charge in [-0.15, -0.1) is 0 Å².